The highest BCUT2D eigenvalue weighted by Gasteiger charge is 2.27. The van der Waals surface area contributed by atoms with Crippen LogP contribution in [-0.4, -0.2) is 51.6 Å². The molecule has 0 amide bonds. The molecule has 1 aliphatic heterocycles. The van der Waals surface area contributed by atoms with Crippen LogP contribution in [-0.2, 0) is 4.79 Å². The van der Waals surface area contributed by atoms with Crippen molar-refractivity contribution in [2.75, 3.05) is 31.1 Å². The third-order valence-corrected chi connectivity index (χ3v) is 7.14. The van der Waals surface area contributed by atoms with Crippen LogP contribution < -0.4 is 4.90 Å². The zero-order chi connectivity index (χ0) is 25.1. The number of benzene rings is 2. The normalized spacial score (nSPS) is 15.8. The number of pyridine rings is 1. The number of nitrogens with zero attached hydrogens (tertiary/aromatic N) is 5. The molecule has 0 spiro atoms. The Kier molecular flexibility index (Phi) is 7.14. The molecule has 0 bridgehead atoms. The number of hydrogen-bond acceptors (Lipinski definition) is 5. The van der Waals surface area contributed by atoms with E-state index in [1.54, 1.807) is 6.92 Å². The Morgan fingerprint density at radius 3 is 2.58 bits per heavy atom. The Labute approximate surface area is 213 Å². The van der Waals surface area contributed by atoms with Crippen molar-refractivity contribution in [3.05, 3.63) is 84.3 Å². The number of carbonyl (C=O) groups is 1. The Hall–Kier alpha value is -3.51. The average molecular weight is 482 g/mol. The average Bonchev–Trinajstić information content (AvgIpc) is 3.25. The molecule has 4 aromatic rings. The number of hydrogen-bond donors (Lipinski definition) is 0. The first kappa shape index (κ1) is 24.2. The summed E-state index contributed by atoms with van der Waals surface area (Å²) >= 11 is 0. The van der Waals surface area contributed by atoms with E-state index < -0.39 is 0 Å². The molecule has 0 N–H and O–H groups in total. The van der Waals surface area contributed by atoms with E-state index in [0.717, 1.165) is 49.5 Å². The first-order chi connectivity index (χ1) is 17.5. The molecule has 0 saturated carbocycles. The van der Waals surface area contributed by atoms with E-state index in [1.165, 1.54) is 16.6 Å². The van der Waals surface area contributed by atoms with E-state index in [0.29, 0.717) is 12.3 Å². The van der Waals surface area contributed by atoms with E-state index in [9.17, 15) is 4.79 Å². The predicted octanol–water partition coefficient (Wildman–Crippen LogP) is 5.78. The van der Waals surface area contributed by atoms with Gasteiger partial charge in [0.1, 0.15) is 5.78 Å². The first-order valence-corrected chi connectivity index (χ1v) is 13.0. The lowest BCUT2D eigenvalue weighted by molar-refractivity contribution is -0.118. The maximum Gasteiger partial charge on any atom is 0.131 e. The maximum atomic E-state index is 12.3. The molecule has 1 atom stereocenters. The van der Waals surface area contributed by atoms with Gasteiger partial charge in [0.05, 0.1) is 28.6 Å². The number of para-hydroxylation sites is 1. The minimum Gasteiger partial charge on any atom is -0.368 e. The fourth-order valence-corrected chi connectivity index (χ4v) is 5.19. The fraction of sp³-hybridized carbons (Fsp3) is 0.367. The SMILES string of the molecule is CC(=O)C[C@@H](c1ccn(-c2ccccc2)n1)N1CCCN(c2cc(C(C)C)cc3cccnc23)CC1. The van der Waals surface area contributed by atoms with Gasteiger partial charge in [-0.05, 0) is 61.2 Å². The van der Waals surface area contributed by atoms with Gasteiger partial charge in [-0.3, -0.25) is 14.7 Å². The van der Waals surface area contributed by atoms with E-state index in [4.69, 9.17) is 10.1 Å². The molecule has 0 unspecified atom stereocenters. The smallest absolute Gasteiger partial charge is 0.131 e. The summed E-state index contributed by atoms with van der Waals surface area (Å²) in [4.78, 5) is 22.0. The summed E-state index contributed by atoms with van der Waals surface area (Å²) in [6.07, 6.45) is 5.38. The number of carbonyl (C=O) groups excluding carboxylic acids is 1. The van der Waals surface area contributed by atoms with Crippen LogP contribution in [0.2, 0.25) is 0 Å². The van der Waals surface area contributed by atoms with Gasteiger partial charge >= 0.3 is 0 Å². The number of rotatable bonds is 7. The van der Waals surface area contributed by atoms with E-state index >= 15 is 0 Å². The number of aromatic nitrogens is 3. The topological polar surface area (TPSA) is 54.3 Å². The van der Waals surface area contributed by atoms with Gasteiger partial charge in [0.15, 0.2) is 0 Å². The minimum atomic E-state index is -0.0238. The van der Waals surface area contributed by atoms with Crippen LogP contribution in [0.3, 0.4) is 0 Å². The number of ketones is 1. The van der Waals surface area contributed by atoms with Crippen molar-refractivity contribution in [1.29, 1.82) is 0 Å². The Morgan fingerprint density at radius 2 is 1.81 bits per heavy atom. The quantitative estimate of drug-likeness (QED) is 0.335. The minimum absolute atomic E-state index is 0.0238. The second-order valence-electron chi connectivity index (χ2n) is 10.1. The van der Waals surface area contributed by atoms with Gasteiger partial charge in [-0.15, -0.1) is 0 Å². The Balaban J connectivity index is 1.40. The molecule has 2 aromatic heterocycles. The van der Waals surface area contributed by atoms with Gasteiger partial charge in [0, 0.05) is 50.4 Å². The van der Waals surface area contributed by atoms with Crippen molar-refractivity contribution < 1.29 is 4.79 Å². The number of Topliss-reactive ketones (excluding diaryl/α,β-unsaturated/α-hetero) is 1. The van der Waals surface area contributed by atoms with Crippen molar-refractivity contribution >= 4 is 22.4 Å². The zero-order valence-electron chi connectivity index (χ0n) is 21.5. The summed E-state index contributed by atoms with van der Waals surface area (Å²) in [5.74, 6) is 0.645. The first-order valence-electron chi connectivity index (χ1n) is 13.0. The molecule has 6 nitrogen and oxygen atoms in total. The van der Waals surface area contributed by atoms with Crippen molar-refractivity contribution in [1.82, 2.24) is 19.7 Å². The van der Waals surface area contributed by atoms with Gasteiger partial charge in [-0.2, -0.15) is 5.10 Å². The summed E-state index contributed by atoms with van der Waals surface area (Å²) in [6, 6.07) is 20.9. The fourth-order valence-electron chi connectivity index (χ4n) is 5.19. The Morgan fingerprint density at radius 1 is 0.972 bits per heavy atom. The van der Waals surface area contributed by atoms with Crippen LogP contribution in [0.1, 0.15) is 56.8 Å². The summed E-state index contributed by atoms with van der Waals surface area (Å²) in [5.41, 5.74) is 5.60. The molecule has 1 fully saturated rings. The molecular formula is C30H35N5O. The van der Waals surface area contributed by atoms with E-state index in [1.807, 2.05) is 53.5 Å². The predicted molar refractivity (Wildman–Crippen MR) is 146 cm³/mol. The summed E-state index contributed by atoms with van der Waals surface area (Å²) in [5, 5.41) is 6.08. The van der Waals surface area contributed by atoms with Gasteiger partial charge < -0.3 is 4.90 Å². The van der Waals surface area contributed by atoms with Crippen molar-refractivity contribution in [3.63, 3.8) is 0 Å². The largest absolute Gasteiger partial charge is 0.368 e. The van der Waals surface area contributed by atoms with Gasteiger partial charge in [-0.1, -0.05) is 38.1 Å². The zero-order valence-corrected chi connectivity index (χ0v) is 21.5. The molecule has 6 heteroatoms. The van der Waals surface area contributed by atoms with Crippen LogP contribution in [0.4, 0.5) is 5.69 Å². The lowest BCUT2D eigenvalue weighted by Crippen LogP contribution is -2.35. The van der Waals surface area contributed by atoms with Crippen molar-refractivity contribution in [2.45, 2.75) is 45.6 Å². The van der Waals surface area contributed by atoms with Crippen LogP contribution in [0, 0.1) is 0 Å². The monoisotopic (exact) mass is 481 g/mol. The van der Waals surface area contributed by atoms with Crippen molar-refractivity contribution in [3.8, 4) is 5.69 Å². The number of fused-ring (bicyclic) bond motifs is 1. The van der Waals surface area contributed by atoms with Crippen LogP contribution in [0.15, 0.2) is 73.1 Å². The standard InChI is InChI=1S/C30H35N5O/c1-22(2)25-20-24-9-7-13-31-30(24)29(21-25)34-15-8-14-33(17-18-34)28(19-23(3)36)27-12-16-35(32-27)26-10-5-4-6-11-26/h4-7,9-13,16,20-22,28H,8,14-15,17-19H2,1-3H3/t28-/m0/s1. The molecule has 0 radical (unpaired) electrons. The van der Waals surface area contributed by atoms with Gasteiger partial charge in [0.25, 0.3) is 0 Å². The third-order valence-electron chi connectivity index (χ3n) is 7.14. The Bertz CT molecular complexity index is 1330. The van der Waals surface area contributed by atoms with Gasteiger partial charge in [-0.25, -0.2) is 4.68 Å². The molecule has 1 saturated heterocycles. The van der Waals surface area contributed by atoms with E-state index in [2.05, 4.69) is 47.9 Å². The van der Waals surface area contributed by atoms with Gasteiger partial charge in [0.2, 0.25) is 0 Å². The lowest BCUT2D eigenvalue weighted by atomic mass is 9.99. The van der Waals surface area contributed by atoms with E-state index in [-0.39, 0.29) is 11.8 Å². The second-order valence-corrected chi connectivity index (χ2v) is 10.1. The highest BCUT2D eigenvalue weighted by molar-refractivity contribution is 5.91. The van der Waals surface area contributed by atoms with Crippen molar-refractivity contribution in [2.24, 2.45) is 0 Å². The molecule has 5 rings (SSSR count). The molecular weight excluding hydrogens is 446 g/mol. The third kappa shape index (κ3) is 5.19. The van der Waals surface area contributed by atoms with Crippen LogP contribution >= 0.6 is 0 Å². The lowest BCUT2D eigenvalue weighted by Gasteiger charge is -2.29. The molecule has 3 heterocycles. The molecule has 1 aliphatic rings. The maximum absolute atomic E-state index is 12.3. The van der Waals surface area contributed by atoms with Crippen LogP contribution in [0.25, 0.3) is 16.6 Å². The highest BCUT2D eigenvalue weighted by Crippen LogP contribution is 2.32. The summed E-state index contributed by atoms with van der Waals surface area (Å²) < 4.78 is 1.90. The summed E-state index contributed by atoms with van der Waals surface area (Å²) in [7, 11) is 0. The molecule has 2 aromatic carbocycles. The number of anilines is 1. The second kappa shape index (κ2) is 10.6. The summed E-state index contributed by atoms with van der Waals surface area (Å²) in [6.45, 7) is 9.83. The molecule has 0 aliphatic carbocycles. The molecule has 36 heavy (non-hydrogen) atoms. The van der Waals surface area contributed by atoms with Crippen LogP contribution in [0.5, 0.6) is 0 Å². The molecule has 186 valence electrons. The highest BCUT2D eigenvalue weighted by atomic mass is 16.1.